The monoisotopic (exact) mass is 194 g/mol. The Hall–Kier alpha value is -1.42. The Bertz CT molecular complexity index is 313. The fourth-order valence-corrected chi connectivity index (χ4v) is 1.04. The molecule has 1 aromatic heterocycles. The lowest BCUT2D eigenvalue weighted by Crippen LogP contribution is -2.12. The largest absolute Gasteiger partial charge is 0.383 e. The number of nitrogen functional groups attached to an aromatic ring is 1. The topological polar surface area (TPSA) is 65.2 Å². The van der Waals surface area contributed by atoms with Gasteiger partial charge in [0.15, 0.2) is 5.78 Å². The summed E-state index contributed by atoms with van der Waals surface area (Å²) in [6, 6.07) is 3.34. The van der Waals surface area contributed by atoms with Crippen molar-refractivity contribution < 1.29 is 9.53 Å². The van der Waals surface area contributed by atoms with Gasteiger partial charge in [-0.2, -0.15) is 0 Å². The Morgan fingerprint density at radius 3 is 3.07 bits per heavy atom. The van der Waals surface area contributed by atoms with Crippen LogP contribution in [0.5, 0.6) is 0 Å². The first kappa shape index (κ1) is 10.7. The molecular formula is C10H14N2O2. The molecule has 1 heterocycles. The van der Waals surface area contributed by atoms with Gasteiger partial charge < -0.3 is 10.5 Å². The van der Waals surface area contributed by atoms with Gasteiger partial charge in [-0.15, -0.1) is 0 Å². The second kappa shape index (κ2) is 5.34. The van der Waals surface area contributed by atoms with Gasteiger partial charge in [0.2, 0.25) is 0 Å². The van der Waals surface area contributed by atoms with Crippen LogP contribution in [-0.2, 0) is 4.74 Å². The summed E-state index contributed by atoms with van der Waals surface area (Å²) in [4.78, 5) is 15.3. The number of nitrogens with two attached hydrogens (primary N) is 1. The fraction of sp³-hybridized carbons (Fsp3) is 0.400. The number of anilines is 1. The van der Waals surface area contributed by atoms with Gasteiger partial charge in [-0.1, -0.05) is 6.92 Å². The number of hydrogen-bond acceptors (Lipinski definition) is 4. The molecular weight excluding hydrogens is 180 g/mol. The Balaban J connectivity index is 2.56. The standard InChI is InChI=1S/C10H14N2O2/c1-2-6-14-7-9(13)8-4-3-5-12-10(8)11/h3-5H,2,6-7H2,1H3,(H2,11,12). The number of carbonyl (C=O) groups is 1. The van der Waals surface area contributed by atoms with Crippen LogP contribution < -0.4 is 5.73 Å². The van der Waals surface area contributed by atoms with E-state index < -0.39 is 0 Å². The lowest BCUT2D eigenvalue weighted by Gasteiger charge is -2.03. The maximum absolute atomic E-state index is 11.5. The Labute approximate surface area is 83.1 Å². The van der Waals surface area contributed by atoms with E-state index in [0.717, 1.165) is 6.42 Å². The lowest BCUT2D eigenvalue weighted by atomic mass is 10.2. The number of nitrogens with zero attached hydrogens (tertiary/aromatic N) is 1. The molecule has 0 fully saturated rings. The first-order valence-corrected chi connectivity index (χ1v) is 4.57. The van der Waals surface area contributed by atoms with E-state index in [2.05, 4.69) is 4.98 Å². The van der Waals surface area contributed by atoms with Gasteiger partial charge in [-0.05, 0) is 18.6 Å². The highest BCUT2D eigenvalue weighted by molar-refractivity contribution is 6.00. The summed E-state index contributed by atoms with van der Waals surface area (Å²) in [5.41, 5.74) is 5.97. The normalized spacial score (nSPS) is 10.1. The molecule has 0 saturated carbocycles. The highest BCUT2D eigenvalue weighted by atomic mass is 16.5. The van der Waals surface area contributed by atoms with Crippen molar-refractivity contribution in [1.29, 1.82) is 0 Å². The van der Waals surface area contributed by atoms with Gasteiger partial charge in [0.1, 0.15) is 12.4 Å². The van der Waals surface area contributed by atoms with Crippen molar-refractivity contribution in [1.82, 2.24) is 4.98 Å². The zero-order valence-electron chi connectivity index (χ0n) is 8.19. The molecule has 2 N–H and O–H groups in total. The third-order valence-electron chi connectivity index (χ3n) is 1.72. The number of ketones is 1. The highest BCUT2D eigenvalue weighted by Gasteiger charge is 2.09. The average molecular weight is 194 g/mol. The van der Waals surface area contributed by atoms with Gasteiger partial charge in [-0.25, -0.2) is 4.98 Å². The number of carbonyl (C=O) groups excluding carboxylic acids is 1. The van der Waals surface area contributed by atoms with Crippen molar-refractivity contribution in [3.8, 4) is 0 Å². The maximum Gasteiger partial charge on any atom is 0.192 e. The molecule has 0 aliphatic heterocycles. The number of aromatic nitrogens is 1. The molecule has 0 aromatic carbocycles. The van der Waals surface area contributed by atoms with E-state index in [0.29, 0.717) is 12.2 Å². The fourth-order valence-electron chi connectivity index (χ4n) is 1.04. The smallest absolute Gasteiger partial charge is 0.192 e. The molecule has 0 radical (unpaired) electrons. The number of pyridine rings is 1. The summed E-state index contributed by atoms with van der Waals surface area (Å²) >= 11 is 0. The summed E-state index contributed by atoms with van der Waals surface area (Å²) in [7, 11) is 0. The molecule has 4 heteroatoms. The van der Waals surface area contributed by atoms with E-state index >= 15 is 0 Å². The molecule has 0 aliphatic rings. The van der Waals surface area contributed by atoms with Crippen molar-refractivity contribution in [2.75, 3.05) is 18.9 Å². The Kier molecular flexibility index (Phi) is 4.07. The first-order chi connectivity index (χ1) is 6.75. The minimum Gasteiger partial charge on any atom is -0.383 e. The Morgan fingerprint density at radius 2 is 2.43 bits per heavy atom. The van der Waals surface area contributed by atoms with Gasteiger partial charge in [0, 0.05) is 12.8 Å². The quantitative estimate of drug-likeness (QED) is 0.566. The van der Waals surface area contributed by atoms with Gasteiger partial charge in [0.05, 0.1) is 5.56 Å². The van der Waals surface area contributed by atoms with Crippen molar-refractivity contribution in [3.05, 3.63) is 23.9 Å². The van der Waals surface area contributed by atoms with Crippen LogP contribution in [0, 0.1) is 0 Å². The van der Waals surface area contributed by atoms with Gasteiger partial charge in [0.25, 0.3) is 0 Å². The zero-order valence-corrected chi connectivity index (χ0v) is 8.19. The molecule has 0 atom stereocenters. The number of Topliss-reactive ketones (excluding diaryl/α,β-unsaturated/α-hetero) is 1. The number of rotatable bonds is 5. The highest BCUT2D eigenvalue weighted by Crippen LogP contribution is 2.07. The Morgan fingerprint density at radius 1 is 1.64 bits per heavy atom. The van der Waals surface area contributed by atoms with Crippen LogP contribution in [0.2, 0.25) is 0 Å². The van der Waals surface area contributed by atoms with Gasteiger partial charge in [-0.3, -0.25) is 4.79 Å². The predicted molar refractivity (Wildman–Crippen MR) is 54.1 cm³/mol. The number of ether oxygens (including phenoxy) is 1. The lowest BCUT2D eigenvalue weighted by molar-refractivity contribution is 0.0762. The van der Waals surface area contributed by atoms with Crippen molar-refractivity contribution >= 4 is 11.6 Å². The second-order valence-corrected chi connectivity index (χ2v) is 2.91. The van der Waals surface area contributed by atoms with E-state index in [1.54, 1.807) is 18.3 Å². The predicted octanol–water partition coefficient (Wildman–Crippen LogP) is 1.27. The van der Waals surface area contributed by atoms with Crippen LogP contribution in [0.4, 0.5) is 5.82 Å². The summed E-state index contributed by atoms with van der Waals surface area (Å²) in [6.07, 6.45) is 2.45. The molecule has 76 valence electrons. The molecule has 0 amide bonds. The zero-order chi connectivity index (χ0) is 10.4. The van der Waals surface area contributed by atoms with Crippen LogP contribution in [0.15, 0.2) is 18.3 Å². The van der Waals surface area contributed by atoms with Crippen LogP contribution in [0.1, 0.15) is 23.7 Å². The summed E-state index contributed by atoms with van der Waals surface area (Å²) < 4.78 is 5.12. The first-order valence-electron chi connectivity index (χ1n) is 4.57. The molecule has 0 saturated heterocycles. The van der Waals surface area contributed by atoms with E-state index in [-0.39, 0.29) is 18.2 Å². The minimum absolute atomic E-state index is 0.0731. The second-order valence-electron chi connectivity index (χ2n) is 2.91. The summed E-state index contributed by atoms with van der Waals surface area (Å²) in [6.45, 7) is 2.65. The molecule has 4 nitrogen and oxygen atoms in total. The van der Waals surface area contributed by atoms with Crippen LogP contribution in [0.25, 0.3) is 0 Å². The minimum atomic E-state index is -0.121. The van der Waals surface area contributed by atoms with E-state index in [1.165, 1.54) is 0 Å². The summed E-state index contributed by atoms with van der Waals surface area (Å²) in [5.74, 6) is 0.140. The SMILES string of the molecule is CCCOCC(=O)c1cccnc1N. The van der Waals surface area contributed by atoms with Crippen LogP contribution >= 0.6 is 0 Å². The van der Waals surface area contributed by atoms with Crippen molar-refractivity contribution in [2.45, 2.75) is 13.3 Å². The van der Waals surface area contributed by atoms with E-state index in [1.807, 2.05) is 6.92 Å². The van der Waals surface area contributed by atoms with Gasteiger partial charge >= 0.3 is 0 Å². The molecule has 1 rings (SSSR count). The maximum atomic E-state index is 11.5. The van der Waals surface area contributed by atoms with Crippen molar-refractivity contribution in [3.63, 3.8) is 0 Å². The third kappa shape index (κ3) is 2.81. The number of hydrogen-bond donors (Lipinski definition) is 1. The molecule has 0 bridgehead atoms. The average Bonchev–Trinajstić information content (AvgIpc) is 2.18. The van der Waals surface area contributed by atoms with Crippen LogP contribution in [0.3, 0.4) is 0 Å². The van der Waals surface area contributed by atoms with Crippen LogP contribution in [-0.4, -0.2) is 24.0 Å². The molecule has 1 aromatic rings. The van der Waals surface area contributed by atoms with E-state index in [4.69, 9.17) is 10.5 Å². The molecule has 14 heavy (non-hydrogen) atoms. The molecule has 0 aliphatic carbocycles. The van der Waals surface area contributed by atoms with E-state index in [9.17, 15) is 4.79 Å². The molecule has 0 spiro atoms. The molecule has 0 unspecified atom stereocenters. The summed E-state index contributed by atoms with van der Waals surface area (Å²) in [5, 5.41) is 0. The third-order valence-corrected chi connectivity index (χ3v) is 1.72. The van der Waals surface area contributed by atoms with Crippen molar-refractivity contribution in [2.24, 2.45) is 0 Å².